The molecular weight excluding hydrogens is 306 g/mol. The number of aromatic nitrogens is 4. The van der Waals surface area contributed by atoms with E-state index in [9.17, 15) is 4.79 Å². The molecule has 0 saturated carbocycles. The van der Waals surface area contributed by atoms with E-state index in [2.05, 4.69) is 36.2 Å². The molecule has 0 bridgehead atoms. The van der Waals surface area contributed by atoms with Crippen molar-refractivity contribution in [1.29, 1.82) is 0 Å². The van der Waals surface area contributed by atoms with Gasteiger partial charge in [-0.2, -0.15) is 5.10 Å². The Morgan fingerprint density at radius 3 is 2.79 bits per heavy atom. The second-order valence-corrected chi connectivity index (χ2v) is 7.33. The second-order valence-electron chi connectivity index (χ2n) is 7.33. The van der Waals surface area contributed by atoms with Crippen LogP contribution in [0.5, 0.6) is 0 Å². The van der Waals surface area contributed by atoms with Crippen molar-refractivity contribution >= 4 is 5.91 Å². The molecule has 2 atom stereocenters. The van der Waals surface area contributed by atoms with Crippen molar-refractivity contribution in [1.82, 2.24) is 24.6 Å². The maximum Gasteiger partial charge on any atom is 0.254 e. The van der Waals surface area contributed by atoms with Crippen LogP contribution in [0.2, 0.25) is 0 Å². The van der Waals surface area contributed by atoms with Crippen LogP contribution in [0.15, 0.2) is 24.9 Å². The molecule has 0 radical (unpaired) electrons. The standard InChI is InChI=1S/C17H25N5O2/c1-17(2,3)22-10-12(8-19-22)16(23)20-13-5-6-24-15(7-13)14-9-18-11-21(14)4/h8-11,13,15H,5-7H2,1-4H3,(H,20,23). The van der Waals surface area contributed by atoms with Crippen LogP contribution in [-0.4, -0.2) is 37.9 Å². The number of imidazole rings is 1. The third-order valence-electron chi connectivity index (χ3n) is 4.34. The van der Waals surface area contributed by atoms with E-state index in [1.54, 1.807) is 18.7 Å². The molecule has 2 aromatic rings. The first-order valence-corrected chi connectivity index (χ1v) is 8.28. The molecule has 0 aromatic carbocycles. The highest BCUT2D eigenvalue weighted by Gasteiger charge is 2.27. The molecule has 130 valence electrons. The van der Waals surface area contributed by atoms with Gasteiger partial charge < -0.3 is 14.6 Å². The van der Waals surface area contributed by atoms with Gasteiger partial charge in [-0.15, -0.1) is 0 Å². The minimum Gasteiger partial charge on any atom is -0.372 e. The molecule has 0 spiro atoms. The molecule has 24 heavy (non-hydrogen) atoms. The Morgan fingerprint density at radius 1 is 1.38 bits per heavy atom. The van der Waals surface area contributed by atoms with E-state index >= 15 is 0 Å². The fourth-order valence-electron chi connectivity index (χ4n) is 2.89. The zero-order valence-electron chi connectivity index (χ0n) is 14.7. The van der Waals surface area contributed by atoms with Gasteiger partial charge in [0.05, 0.1) is 35.5 Å². The highest BCUT2D eigenvalue weighted by molar-refractivity contribution is 5.93. The summed E-state index contributed by atoms with van der Waals surface area (Å²) < 4.78 is 9.61. The monoisotopic (exact) mass is 331 g/mol. The smallest absolute Gasteiger partial charge is 0.254 e. The van der Waals surface area contributed by atoms with E-state index in [4.69, 9.17) is 4.74 Å². The molecule has 3 heterocycles. The zero-order chi connectivity index (χ0) is 17.3. The van der Waals surface area contributed by atoms with Gasteiger partial charge in [0, 0.05) is 25.9 Å². The molecule has 3 rings (SSSR count). The number of hydrogen-bond acceptors (Lipinski definition) is 4. The molecule has 1 saturated heterocycles. The Balaban J connectivity index is 1.64. The summed E-state index contributed by atoms with van der Waals surface area (Å²) in [4.78, 5) is 16.6. The van der Waals surface area contributed by atoms with E-state index in [0.717, 1.165) is 18.5 Å². The highest BCUT2D eigenvalue weighted by atomic mass is 16.5. The molecular formula is C17H25N5O2. The van der Waals surface area contributed by atoms with Gasteiger partial charge in [0.15, 0.2) is 0 Å². The number of hydrogen-bond donors (Lipinski definition) is 1. The van der Waals surface area contributed by atoms with E-state index in [0.29, 0.717) is 12.2 Å². The number of amides is 1. The van der Waals surface area contributed by atoms with Crippen LogP contribution in [0.1, 0.15) is 55.8 Å². The first-order chi connectivity index (χ1) is 11.3. The molecule has 7 nitrogen and oxygen atoms in total. The van der Waals surface area contributed by atoms with Gasteiger partial charge in [0.1, 0.15) is 6.10 Å². The number of rotatable bonds is 3. The van der Waals surface area contributed by atoms with Crippen molar-refractivity contribution in [2.24, 2.45) is 7.05 Å². The fraction of sp³-hybridized carbons (Fsp3) is 0.588. The van der Waals surface area contributed by atoms with Crippen LogP contribution in [0, 0.1) is 0 Å². The lowest BCUT2D eigenvalue weighted by molar-refractivity contribution is -0.00301. The minimum atomic E-state index is -0.137. The summed E-state index contributed by atoms with van der Waals surface area (Å²) in [7, 11) is 1.95. The molecule has 1 aliphatic heterocycles. The molecule has 0 aliphatic carbocycles. The number of ether oxygens (including phenoxy) is 1. The Kier molecular flexibility index (Phi) is 4.45. The molecule has 1 aliphatic rings. The Bertz CT molecular complexity index is 713. The molecule has 7 heteroatoms. The largest absolute Gasteiger partial charge is 0.372 e. The second kappa shape index (κ2) is 6.39. The third kappa shape index (κ3) is 3.51. The van der Waals surface area contributed by atoms with Gasteiger partial charge in [-0.1, -0.05) is 0 Å². The van der Waals surface area contributed by atoms with Gasteiger partial charge >= 0.3 is 0 Å². The van der Waals surface area contributed by atoms with E-state index in [1.807, 2.05) is 22.5 Å². The van der Waals surface area contributed by atoms with Crippen LogP contribution in [0.3, 0.4) is 0 Å². The van der Waals surface area contributed by atoms with Gasteiger partial charge in [0.25, 0.3) is 5.91 Å². The van der Waals surface area contributed by atoms with Crippen LogP contribution in [0.4, 0.5) is 0 Å². The number of aryl methyl sites for hydroxylation is 1. The molecule has 2 unspecified atom stereocenters. The van der Waals surface area contributed by atoms with Gasteiger partial charge in [0.2, 0.25) is 0 Å². The fourth-order valence-corrected chi connectivity index (χ4v) is 2.89. The quantitative estimate of drug-likeness (QED) is 0.934. The number of carbonyl (C=O) groups excluding carboxylic acids is 1. The van der Waals surface area contributed by atoms with Crippen molar-refractivity contribution < 1.29 is 9.53 Å². The maximum absolute atomic E-state index is 12.5. The van der Waals surface area contributed by atoms with Crippen LogP contribution in [0.25, 0.3) is 0 Å². The predicted molar refractivity (Wildman–Crippen MR) is 89.6 cm³/mol. The number of nitrogens with one attached hydrogen (secondary N) is 1. The normalized spacial score (nSPS) is 21.7. The van der Waals surface area contributed by atoms with Gasteiger partial charge in [-0.25, -0.2) is 4.98 Å². The lowest BCUT2D eigenvalue weighted by Gasteiger charge is -2.30. The Morgan fingerprint density at radius 2 is 2.17 bits per heavy atom. The summed E-state index contributed by atoms with van der Waals surface area (Å²) in [6.45, 7) is 6.79. The average Bonchev–Trinajstić information content (AvgIpc) is 3.15. The summed E-state index contributed by atoms with van der Waals surface area (Å²) in [6, 6.07) is 0.0872. The lowest BCUT2D eigenvalue weighted by atomic mass is 10.0. The summed E-state index contributed by atoms with van der Waals surface area (Å²) in [5.41, 5.74) is 1.49. The summed E-state index contributed by atoms with van der Waals surface area (Å²) in [5, 5.41) is 7.40. The van der Waals surface area contributed by atoms with Crippen LogP contribution in [-0.2, 0) is 17.3 Å². The van der Waals surface area contributed by atoms with Gasteiger partial charge in [-0.05, 0) is 33.6 Å². The van der Waals surface area contributed by atoms with Crippen LogP contribution >= 0.6 is 0 Å². The zero-order valence-corrected chi connectivity index (χ0v) is 14.7. The lowest BCUT2D eigenvalue weighted by Crippen LogP contribution is -2.40. The van der Waals surface area contributed by atoms with Crippen LogP contribution < -0.4 is 5.32 Å². The van der Waals surface area contributed by atoms with E-state index < -0.39 is 0 Å². The summed E-state index contributed by atoms with van der Waals surface area (Å²) in [5.74, 6) is -0.0823. The van der Waals surface area contributed by atoms with Gasteiger partial charge in [-0.3, -0.25) is 9.48 Å². The highest BCUT2D eigenvalue weighted by Crippen LogP contribution is 2.27. The number of nitrogens with zero attached hydrogens (tertiary/aromatic N) is 4. The topological polar surface area (TPSA) is 74.0 Å². The Labute approximate surface area is 142 Å². The third-order valence-corrected chi connectivity index (χ3v) is 4.34. The van der Waals surface area contributed by atoms with Crippen molar-refractivity contribution in [2.75, 3.05) is 6.61 Å². The molecule has 1 fully saturated rings. The van der Waals surface area contributed by atoms with Crippen molar-refractivity contribution in [3.05, 3.63) is 36.2 Å². The van der Waals surface area contributed by atoms with E-state index in [1.165, 1.54) is 0 Å². The molecule has 1 N–H and O–H groups in total. The minimum absolute atomic E-state index is 0.0335. The summed E-state index contributed by atoms with van der Waals surface area (Å²) in [6.07, 6.45) is 8.54. The van der Waals surface area contributed by atoms with Crippen molar-refractivity contribution in [3.63, 3.8) is 0 Å². The predicted octanol–water partition coefficient (Wildman–Crippen LogP) is 2.02. The first-order valence-electron chi connectivity index (χ1n) is 8.28. The van der Waals surface area contributed by atoms with E-state index in [-0.39, 0.29) is 23.6 Å². The number of carbonyl (C=O) groups is 1. The molecule has 2 aromatic heterocycles. The maximum atomic E-state index is 12.5. The van der Waals surface area contributed by atoms with Crippen molar-refractivity contribution in [2.45, 2.75) is 51.3 Å². The first kappa shape index (κ1) is 16.7. The molecule has 1 amide bonds. The SMILES string of the molecule is Cn1cncc1C1CC(NC(=O)c2cnn(C(C)(C)C)c2)CCO1. The Hall–Kier alpha value is -2.15. The average molecular weight is 331 g/mol. The van der Waals surface area contributed by atoms with Crippen molar-refractivity contribution in [3.8, 4) is 0 Å². The summed E-state index contributed by atoms with van der Waals surface area (Å²) >= 11 is 0.